The van der Waals surface area contributed by atoms with Gasteiger partial charge in [-0.05, 0) is 18.1 Å². The molecule has 0 aliphatic heterocycles. The summed E-state index contributed by atoms with van der Waals surface area (Å²) in [4.78, 5) is 3.98. The molecule has 0 saturated carbocycles. The largest absolute Gasteiger partial charge is 0.396 e. The average Bonchev–Trinajstić information content (AvgIpc) is 2.25. The first-order valence-corrected chi connectivity index (χ1v) is 4.94. The van der Waals surface area contributed by atoms with Crippen molar-refractivity contribution in [2.24, 2.45) is 0 Å². The molecule has 0 saturated heterocycles. The highest BCUT2D eigenvalue weighted by Gasteiger charge is 2.09. The van der Waals surface area contributed by atoms with Crippen LogP contribution < -0.4 is 11.1 Å². The lowest BCUT2D eigenvalue weighted by molar-refractivity contribution is 0.249. The predicted molar refractivity (Wildman–Crippen MR) is 58.2 cm³/mol. The van der Waals surface area contributed by atoms with Crippen LogP contribution in [0.2, 0.25) is 0 Å². The van der Waals surface area contributed by atoms with Gasteiger partial charge >= 0.3 is 0 Å². The molecule has 0 amide bonds. The highest BCUT2D eigenvalue weighted by Crippen LogP contribution is 2.15. The average molecular weight is 211 g/mol. The molecule has 1 aromatic rings. The summed E-state index contributed by atoms with van der Waals surface area (Å²) >= 11 is 0. The Bertz CT molecular complexity index is 277. The number of rotatable bonds is 6. The summed E-state index contributed by atoms with van der Waals surface area (Å²) in [5.41, 5.74) is 6.44. The first-order valence-electron chi connectivity index (χ1n) is 4.94. The monoisotopic (exact) mass is 211 g/mol. The van der Waals surface area contributed by atoms with Crippen LogP contribution in [0.1, 0.15) is 18.0 Å². The van der Waals surface area contributed by atoms with Gasteiger partial charge < -0.3 is 21.3 Å². The van der Waals surface area contributed by atoms with E-state index in [1.807, 2.05) is 6.07 Å². The molecule has 15 heavy (non-hydrogen) atoms. The fourth-order valence-electron chi connectivity index (χ4n) is 1.38. The summed E-state index contributed by atoms with van der Waals surface area (Å²) in [6, 6.07) is 3.60. The molecule has 1 atom stereocenters. The first-order chi connectivity index (χ1) is 7.27. The van der Waals surface area contributed by atoms with Crippen LogP contribution in [0.3, 0.4) is 0 Å². The molecule has 5 nitrogen and oxygen atoms in total. The second-order valence-corrected chi connectivity index (χ2v) is 3.26. The number of aromatic nitrogens is 1. The van der Waals surface area contributed by atoms with Crippen LogP contribution >= 0.6 is 0 Å². The summed E-state index contributed by atoms with van der Waals surface area (Å²) in [5.74, 6) is 0.476. The predicted octanol–water partition coefficient (Wildman–Crippen LogP) is -0.331. The van der Waals surface area contributed by atoms with Crippen LogP contribution in [0.25, 0.3) is 0 Å². The second-order valence-electron chi connectivity index (χ2n) is 3.26. The van der Waals surface area contributed by atoms with Gasteiger partial charge in [-0.25, -0.2) is 4.98 Å². The molecule has 1 heterocycles. The van der Waals surface area contributed by atoms with E-state index in [4.69, 9.17) is 15.9 Å². The lowest BCUT2D eigenvalue weighted by Crippen LogP contribution is -2.25. The number of nitrogens with zero attached hydrogens (tertiary/aromatic N) is 1. The van der Waals surface area contributed by atoms with Crippen LogP contribution in [0.5, 0.6) is 0 Å². The number of aliphatic hydroxyl groups excluding tert-OH is 2. The summed E-state index contributed by atoms with van der Waals surface area (Å²) in [6.45, 7) is 0.660. The third kappa shape index (κ3) is 3.83. The molecule has 0 fully saturated rings. The van der Waals surface area contributed by atoms with Crippen LogP contribution in [0.4, 0.5) is 5.82 Å². The van der Waals surface area contributed by atoms with Gasteiger partial charge in [0.2, 0.25) is 0 Å². The zero-order valence-corrected chi connectivity index (χ0v) is 8.56. The maximum atomic E-state index is 8.90. The number of anilines is 1. The number of nitrogen functional groups attached to an aromatic ring is 1. The zero-order valence-electron chi connectivity index (χ0n) is 8.56. The Balaban J connectivity index is 2.65. The van der Waals surface area contributed by atoms with E-state index in [2.05, 4.69) is 10.3 Å². The fraction of sp³-hybridized carbons (Fsp3) is 0.500. The Labute approximate surface area is 89.0 Å². The minimum atomic E-state index is 0.00949. The standard InChI is InChI=1S/C10H17N3O2/c11-10-2-1-8(7-13-10)9(3-5-14)12-4-6-15/h1-2,7,9,12,14-15H,3-6H2,(H2,11,13). The molecule has 5 N–H and O–H groups in total. The Morgan fingerprint density at radius 1 is 1.33 bits per heavy atom. The van der Waals surface area contributed by atoms with Crippen molar-refractivity contribution < 1.29 is 10.2 Å². The molecular weight excluding hydrogens is 194 g/mol. The summed E-state index contributed by atoms with van der Waals surface area (Å²) < 4.78 is 0. The number of nitrogens with one attached hydrogen (secondary N) is 1. The number of hydrogen-bond donors (Lipinski definition) is 4. The van der Waals surface area contributed by atoms with Gasteiger partial charge in [-0.3, -0.25) is 0 Å². The molecule has 0 aromatic carbocycles. The van der Waals surface area contributed by atoms with Crippen LogP contribution in [-0.2, 0) is 0 Å². The number of hydrogen-bond acceptors (Lipinski definition) is 5. The van der Waals surface area contributed by atoms with E-state index in [1.54, 1.807) is 12.3 Å². The van der Waals surface area contributed by atoms with Gasteiger partial charge in [0.25, 0.3) is 0 Å². The Morgan fingerprint density at radius 2 is 2.13 bits per heavy atom. The van der Waals surface area contributed by atoms with E-state index >= 15 is 0 Å². The number of nitrogens with two attached hydrogens (primary N) is 1. The molecule has 0 radical (unpaired) electrons. The van der Waals surface area contributed by atoms with Gasteiger partial charge in [0.15, 0.2) is 0 Å². The van der Waals surface area contributed by atoms with E-state index in [0.29, 0.717) is 18.8 Å². The Kier molecular flexibility index (Phi) is 5.03. The normalized spacial score (nSPS) is 12.7. The Hall–Kier alpha value is -1.17. The lowest BCUT2D eigenvalue weighted by Gasteiger charge is -2.17. The van der Waals surface area contributed by atoms with Gasteiger partial charge in [-0.2, -0.15) is 0 Å². The van der Waals surface area contributed by atoms with Crippen molar-refractivity contribution in [2.75, 3.05) is 25.5 Å². The molecule has 1 unspecified atom stereocenters. The highest BCUT2D eigenvalue weighted by atomic mass is 16.3. The molecule has 1 aromatic heterocycles. The van der Waals surface area contributed by atoms with E-state index in [-0.39, 0.29) is 19.3 Å². The summed E-state index contributed by atoms with van der Waals surface area (Å²) in [6.07, 6.45) is 2.27. The molecular formula is C10H17N3O2. The first kappa shape index (κ1) is 11.9. The highest BCUT2D eigenvalue weighted by molar-refractivity contribution is 5.30. The van der Waals surface area contributed by atoms with Crippen molar-refractivity contribution in [3.8, 4) is 0 Å². The fourth-order valence-corrected chi connectivity index (χ4v) is 1.38. The van der Waals surface area contributed by atoms with Gasteiger partial charge in [0, 0.05) is 25.4 Å². The Morgan fingerprint density at radius 3 is 2.67 bits per heavy atom. The second kappa shape index (κ2) is 6.34. The summed E-state index contributed by atoms with van der Waals surface area (Å²) in [5, 5.41) is 20.7. The molecule has 1 rings (SSSR count). The molecule has 0 bridgehead atoms. The molecule has 5 heteroatoms. The lowest BCUT2D eigenvalue weighted by atomic mass is 10.1. The maximum absolute atomic E-state index is 8.90. The van der Waals surface area contributed by atoms with E-state index in [9.17, 15) is 0 Å². The van der Waals surface area contributed by atoms with Crippen LogP contribution in [0, 0.1) is 0 Å². The van der Waals surface area contributed by atoms with Gasteiger partial charge in [-0.1, -0.05) is 6.07 Å². The van der Waals surface area contributed by atoms with Crippen molar-refractivity contribution in [2.45, 2.75) is 12.5 Å². The minimum Gasteiger partial charge on any atom is -0.396 e. The third-order valence-electron chi connectivity index (χ3n) is 2.13. The van der Waals surface area contributed by atoms with Crippen LogP contribution in [-0.4, -0.2) is 35.0 Å². The molecule has 84 valence electrons. The molecule has 0 aliphatic rings. The van der Waals surface area contributed by atoms with Gasteiger partial charge in [-0.15, -0.1) is 0 Å². The van der Waals surface area contributed by atoms with Gasteiger partial charge in [0.1, 0.15) is 5.82 Å². The van der Waals surface area contributed by atoms with Crippen molar-refractivity contribution in [3.05, 3.63) is 23.9 Å². The van der Waals surface area contributed by atoms with E-state index in [1.165, 1.54) is 0 Å². The van der Waals surface area contributed by atoms with E-state index in [0.717, 1.165) is 5.56 Å². The summed E-state index contributed by atoms with van der Waals surface area (Å²) in [7, 11) is 0. The van der Waals surface area contributed by atoms with Crippen molar-refractivity contribution in [1.29, 1.82) is 0 Å². The SMILES string of the molecule is Nc1ccc(C(CCO)NCCO)cn1. The third-order valence-corrected chi connectivity index (χ3v) is 2.13. The number of aliphatic hydroxyl groups is 2. The van der Waals surface area contributed by atoms with Gasteiger partial charge in [0.05, 0.1) is 6.61 Å². The smallest absolute Gasteiger partial charge is 0.123 e. The van der Waals surface area contributed by atoms with Crippen molar-refractivity contribution >= 4 is 5.82 Å². The number of pyridine rings is 1. The van der Waals surface area contributed by atoms with E-state index < -0.39 is 0 Å². The molecule has 0 spiro atoms. The molecule has 0 aliphatic carbocycles. The van der Waals surface area contributed by atoms with Crippen molar-refractivity contribution in [3.63, 3.8) is 0 Å². The quantitative estimate of drug-likeness (QED) is 0.517. The zero-order chi connectivity index (χ0) is 11.1. The van der Waals surface area contributed by atoms with Crippen molar-refractivity contribution in [1.82, 2.24) is 10.3 Å². The van der Waals surface area contributed by atoms with Crippen LogP contribution in [0.15, 0.2) is 18.3 Å². The topological polar surface area (TPSA) is 91.4 Å². The maximum Gasteiger partial charge on any atom is 0.123 e. The minimum absolute atomic E-state index is 0.00949.